The first kappa shape index (κ1) is 17.3. The molecule has 27 heavy (non-hydrogen) atoms. The molecule has 6 heteroatoms. The van der Waals surface area contributed by atoms with Crippen molar-refractivity contribution >= 4 is 22.9 Å². The van der Waals surface area contributed by atoms with E-state index in [9.17, 15) is 14.4 Å². The van der Waals surface area contributed by atoms with Crippen LogP contribution < -0.4 is 5.76 Å². The van der Waals surface area contributed by atoms with Crippen molar-refractivity contribution in [3.05, 3.63) is 69.7 Å². The van der Waals surface area contributed by atoms with Gasteiger partial charge in [0.25, 0.3) is 0 Å². The minimum absolute atomic E-state index is 0.0130. The number of benzene rings is 2. The summed E-state index contributed by atoms with van der Waals surface area (Å²) in [6.45, 7) is -0.152. The van der Waals surface area contributed by atoms with Gasteiger partial charge in [-0.05, 0) is 48.6 Å². The zero-order valence-corrected chi connectivity index (χ0v) is 14.8. The maximum atomic E-state index is 12.3. The number of esters is 1. The summed E-state index contributed by atoms with van der Waals surface area (Å²) in [5.74, 6) is -1.26. The van der Waals surface area contributed by atoms with Crippen molar-refractivity contribution in [1.82, 2.24) is 4.57 Å². The third-order valence-corrected chi connectivity index (χ3v) is 4.90. The Kier molecular flexibility index (Phi) is 4.62. The SMILES string of the molecule is O=C(CCn1c(=O)oc2ccccc21)OCC(=O)c1ccc2c(c1)CCC2. The van der Waals surface area contributed by atoms with Gasteiger partial charge in [0.05, 0.1) is 11.9 Å². The van der Waals surface area contributed by atoms with Crippen LogP contribution >= 0.6 is 0 Å². The molecule has 0 amide bonds. The van der Waals surface area contributed by atoms with E-state index in [1.54, 1.807) is 30.3 Å². The fourth-order valence-electron chi connectivity index (χ4n) is 3.48. The number of oxazole rings is 1. The van der Waals surface area contributed by atoms with Crippen LogP contribution in [0.4, 0.5) is 0 Å². The Hall–Kier alpha value is -3.15. The lowest BCUT2D eigenvalue weighted by Gasteiger charge is -2.06. The Morgan fingerprint density at radius 1 is 1.07 bits per heavy atom. The van der Waals surface area contributed by atoms with Crippen LogP contribution in [0.1, 0.15) is 34.3 Å². The summed E-state index contributed by atoms with van der Waals surface area (Å²) < 4.78 is 11.6. The molecule has 0 N–H and O–H groups in total. The van der Waals surface area contributed by atoms with Crippen LogP contribution in [-0.4, -0.2) is 22.9 Å². The number of carbonyl (C=O) groups excluding carboxylic acids is 2. The topological polar surface area (TPSA) is 78.5 Å². The second-order valence-electron chi connectivity index (χ2n) is 6.66. The third kappa shape index (κ3) is 3.56. The van der Waals surface area contributed by atoms with Gasteiger partial charge in [-0.25, -0.2) is 4.79 Å². The number of aryl methyl sites for hydroxylation is 3. The highest BCUT2D eigenvalue weighted by Gasteiger charge is 2.16. The van der Waals surface area contributed by atoms with Crippen molar-refractivity contribution in [2.45, 2.75) is 32.2 Å². The molecule has 0 spiro atoms. The highest BCUT2D eigenvalue weighted by atomic mass is 16.5. The second-order valence-corrected chi connectivity index (χ2v) is 6.66. The van der Waals surface area contributed by atoms with E-state index in [1.807, 2.05) is 12.1 Å². The molecule has 138 valence electrons. The van der Waals surface area contributed by atoms with Crippen LogP contribution in [-0.2, 0) is 28.9 Å². The Morgan fingerprint density at radius 2 is 1.89 bits per heavy atom. The minimum atomic E-state index is -0.526. The largest absolute Gasteiger partial charge is 0.457 e. The van der Waals surface area contributed by atoms with E-state index in [4.69, 9.17) is 9.15 Å². The Morgan fingerprint density at radius 3 is 2.78 bits per heavy atom. The summed E-state index contributed by atoms with van der Waals surface area (Å²) in [6, 6.07) is 12.7. The van der Waals surface area contributed by atoms with E-state index in [0.29, 0.717) is 16.7 Å². The number of fused-ring (bicyclic) bond motifs is 2. The lowest BCUT2D eigenvalue weighted by molar-refractivity contribution is -0.142. The van der Waals surface area contributed by atoms with Crippen molar-refractivity contribution in [3.8, 4) is 0 Å². The van der Waals surface area contributed by atoms with E-state index in [1.165, 1.54) is 15.7 Å². The normalized spacial score (nSPS) is 12.9. The molecule has 1 aromatic heterocycles. The molecule has 2 aromatic carbocycles. The van der Waals surface area contributed by atoms with Gasteiger partial charge in [-0.15, -0.1) is 0 Å². The molecule has 0 unspecified atom stereocenters. The molecule has 0 aliphatic heterocycles. The fourth-order valence-corrected chi connectivity index (χ4v) is 3.48. The number of carbonyl (C=O) groups is 2. The summed E-state index contributed by atoms with van der Waals surface area (Å²) in [4.78, 5) is 36.1. The Bertz CT molecular complexity index is 1080. The number of para-hydroxylation sites is 2. The first-order valence-electron chi connectivity index (χ1n) is 9.01. The third-order valence-electron chi connectivity index (χ3n) is 4.90. The predicted octanol–water partition coefficient (Wildman–Crippen LogP) is 2.90. The van der Waals surface area contributed by atoms with Gasteiger partial charge in [-0.2, -0.15) is 0 Å². The summed E-state index contributed by atoms with van der Waals surface area (Å²) in [6.07, 6.45) is 3.15. The van der Waals surface area contributed by atoms with Gasteiger partial charge in [-0.3, -0.25) is 14.2 Å². The molecule has 0 bridgehead atoms. The Labute approximate surface area is 155 Å². The highest BCUT2D eigenvalue weighted by Crippen LogP contribution is 2.23. The van der Waals surface area contributed by atoms with E-state index < -0.39 is 11.7 Å². The van der Waals surface area contributed by atoms with Crippen LogP contribution in [0.3, 0.4) is 0 Å². The van der Waals surface area contributed by atoms with Gasteiger partial charge in [0.15, 0.2) is 18.0 Å². The zero-order valence-electron chi connectivity index (χ0n) is 14.8. The van der Waals surface area contributed by atoms with Gasteiger partial charge in [0.2, 0.25) is 0 Å². The van der Waals surface area contributed by atoms with E-state index in [2.05, 4.69) is 0 Å². The maximum absolute atomic E-state index is 12.3. The molecule has 0 fully saturated rings. The smallest absolute Gasteiger partial charge is 0.419 e. The molecular formula is C21H19NO5. The minimum Gasteiger partial charge on any atom is -0.457 e. The maximum Gasteiger partial charge on any atom is 0.419 e. The second kappa shape index (κ2) is 7.23. The van der Waals surface area contributed by atoms with Crippen molar-refractivity contribution in [2.75, 3.05) is 6.61 Å². The summed E-state index contributed by atoms with van der Waals surface area (Å²) in [5, 5.41) is 0. The lowest BCUT2D eigenvalue weighted by atomic mass is 10.0. The molecule has 0 radical (unpaired) electrons. The number of hydrogen-bond acceptors (Lipinski definition) is 5. The van der Waals surface area contributed by atoms with Crippen molar-refractivity contribution in [2.24, 2.45) is 0 Å². The molecule has 1 aliphatic rings. The molecule has 0 saturated heterocycles. The summed E-state index contributed by atoms with van der Waals surface area (Å²) >= 11 is 0. The molecule has 1 aliphatic carbocycles. The summed E-state index contributed by atoms with van der Waals surface area (Å²) in [5.41, 5.74) is 4.17. The number of Topliss-reactive ketones (excluding diaryl/α,β-unsaturated/α-hetero) is 1. The first-order valence-corrected chi connectivity index (χ1v) is 9.01. The van der Waals surface area contributed by atoms with Crippen LogP contribution in [0.15, 0.2) is 51.7 Å². The number of aromatic nitrogens is 1. The molecular weight excluding hydrogens is 346 g/mol. The quantitative estimate of drug-likeness (QED) is 0.496. The van der Waals surface area contributed by atoms with E-state index in [-0.39, 0.29) is 25.4 Å². The van der Waals surface area contributed by atoms with E-state index in [0.717, 1.165) is 19.3 Å². The number of ether oxygens (including phenoxy) is 1. The Balaban J connectivity index is 1.34. The molecule has 0 saturated carbocycles. The number of nitrogens with zero attached hydrogens (tertiary/aromatic N) is 1. The van der Waals surface area contributed by atoms with Gasteiger partial charge < -0.3 is 9.15 Å². The lowest BCUT2D eigenvalue weighted by Crippen LogP contribution is -2.19. The van der Waals surface area contributed by atoms with Gasteiger partial charge in [0.1, 0.15) is 0 Å². The number of hydrogen-bond donors (Lipinski definition) is 0. The molecule has 0 atom stereocenters. The molecule has 4 rings (SSSR count). The van der Waals surface area contributed by atoms with Crippen molar-refractivity contribution in [3.63, 3.8) is 0 Å². The number of rotatable bonds is 6. The molecule has 6 nitrogen and oxygen atoms in total. The van der Waals surface area contributed by atoms with Crippen LogP contribution in [0, 0.1) is 0 Å². The standard InChI is InChI=1S/C21H19NO5/c23-18(16-9-8-14-4-3-5-15(14)12-16)13-26-20(24)10-11-22-17-6-1-2-7-19(17)27-21(22)25/h1-2,6-9,12H,3-5,10-11,13H2. The van der Waals surface area contributed by atoms with Crippen LogP contribution in [0.2, 0.25) is 0 Å². The molecule has 1 heterocycles. The fraction of sp³-hybridized carbons (Fsp3) is 0.286. The average molecular weight is 365 g/mol. The highest BCUT2D eigenvalue weighted by molar-refractivity contribution is 5.98. The zero-order chi connectivity index (χ0) is 18.8. The van der Waals surface area contributed by atoms with Gasteiger partial charge in [-0.1, -0.05) is 24.3 Å². The molecule has 3 aromatic rings. The van der Waals surface area contributed by atoms with Crippen LogP contribution in [0.25, 0.3) is 11.1 Å². The van der Waals surface area contributed by atoms with Crippen molar-refractivity contribution < 1.29 is 18.7 Å². The average Bonchev–Trinajstić information content (AvgIpc) is 3.27. The van der Waals surface area contributed by atoms with Gasteiger partial charge >= 0.3 is 11.7 Å². The number of ketones is 1. The monoisotopic (exact) mass is 365 g/mol. The van der Waals surface area contributed by atoms with Crippen molar-refractivity contribution in [1.29, 1.82) is 0 Å². The van der Waals surface area contributed by atoms with Crippen LogP contribution in [0.5, 0.6) is 0 Å². The van der Waals surface area contributed by atoms with Gasteiger partial charge in [0, 0.05) is 12.1 Å². The summed E-state index contributed by atoms with van der Waals surface area (Å²) in [7, 11) is 0. The van der Waals surface area contributed by atoms with E-state index >= 15 is 0 Å². The predicted molar refractivity (Wildman–Crippen MR) is 98.8 cm³/mol. The first-order chi connectivity index (χ1) is 13.1.